The number of hydrogen-bond acceptors (Lipinski definition) is 5. The van der Waals surface area contributed by atoms with Crippen LogP contribution in [0.2, 0.25) is 0 Å². The molecular formula is C35H46BClF3N3O4. The quantitative estimate of drug-likeness (QED) is 0.231. The SMILES string of the molecule is CC1(C)[C@@H]2C[C@H]3OB([C@H](CCCCN)NC(=O)[C@@H]4CCCN4C(=O)c4cccc(Cc5ccccc5C(F)(F)F)c4)O[C@@]3(C)[C@H]1C2.Cl. The van der Waals surface area contributed by atoms with Gasteiger partial charge in [0.05, 0.1) is 23.2 Å². The summed E-state index contributed by atoms with van der Waals surface area (Å²) in [6.45, 7) is 7.76. The van der Waals surface area contributed by atoms with E-state index in [1.807, 2.05) is 0 Å². The summed E-state index contributed by atoms with van der Waals surface area (Å²) in [6.07, 6.45) is 1.11. The monoisotopic (exact) mass is 675 g/mol. The second kappa shape index (κ2) is 13.7. The van der Waals surface area contributed by atoms with Crippen molar-refractivity contribution in [3.05, 3.63) is 70.8 Å². The molecule has 2 heterocycles. The van der Waals surface area contributed by atoms with Gasteiger partial charge in [0, 0.05) is 12.1 Å². The molecule has 2 saturated heterocycles. The molecule has 0 unspecified atom stereocenters. The number of halogens is 4. The van der Waals surface area contributed by atoms with Crippen LogP contribution < -0.4 is 11.1 Å². The third-order valence-corrected chi connectivity index (χ3v) is 11.3. The number of amides is 2. The van der Waals surface area contributed by atoms with Crippen molar-refractivity contribution in [3.8, 4) is 0 Å². The van der Waals surface area contributed by atoms with E-state index in [2.05, 4.69) is 26.1 Å². The van der Waals surface area contributed by atoms with E-state index in [1.54, 1.807) is 35.2 Å². The van der Waals surface area contributed by atoms with Crippen molar-refractivity contribution in [2.75, 3.05) is 13.1 Å². The Morgan fingerprint density at radius 3 is 2.60 bits per heavy atom. The molecule has 3 aliphatic carbocycles. The summed E-state index contributed by atoms with van der Waals surface area (Å²) < 4.78 is 54.0. The number of nitrogens with zero attached hydrogens (tertiary/aromatic N) is 1. The molecule has 2 bridgehead atoms. The van der Waals surface area contributed by atoms with E-state index in [0.717, 1.165) is 31.7 Å². The Hall–Kier alpha value is -2.60. The van der Waals surface area contributed by atoms with Gasteiger partial charge in [0.1, 0.15) is 6.04 Å². The minimum atomic E-state index is -4.47. The van der Waals surface area contributed by atoms with Gasteiger partial charge in [0.25, 0.3) is 5.91 Å². The molecule has 3 saturated carbocycles. The molecule has 7 rings (SSSR count). The summed E-state index contributed by atoms with van der Waals surface area (Å²) in [7, 11) is -0.575. The zero-order chi connectivity index (χ0) is 32.9. The van der Waals surface area contributed by atoms with Crippen LogP contribution in [0.3, 0.4) is 0 Å². The number of hydrogen-bond donors (Lipinski definition) is 2. The highest BCUT2D eigenvalue weighted by atomic mass is 35.5. The van der Waals surface area contributed by atoms with E-state index in [9.17, 15) is 22.8 Å². The summed E-state index contributed by atoms with van der Waals surface area (Å²) in [5.74, 6) is 0.0817. The fraction of sp³-hybridized carbons (Fsp3) is 0.600. The van der Waals surface area contributed by atoms with Crippen molar-refractivity contribution in [2.24, 2.45) is 23.0 Å². The van der Waals surface area contributed by atoms with Gasteiger partial charge in [-0.25, -0.2) is 0 Å². The second-order valence-corrected chi connectivity index (χ2v) is 14.4. The number of alkyl halides is 3. The molecule has 7 nitrogen and oxygen atoms in total. The van der Waals surface area contributed by atoms with Crippen LogP contribution in [0.5, 0.6) is 0 Å². The molecule has 12 heteroatoms. The third kappa shape index (κ3) is 6.83. The van der Waals surface area contributed by atoms with E-state index in [0.29, 0.717) is 55.3 Å². The molecule has 47 heavy (non-hydrogen) atoms. The molecular weight excluding hydrogens is 630 g/mol. The first-order valence-corrected chi connectivity index (χ1v) is 16.7. The van der Waals surface area contributed by atoms with E-state index in [-0.39, 0.29) is 53.7 Å². The van der Waals surface area contributed by atoms with Gasteiger partial charge in [-0.15, -0.1) is 12.4 Å². The number of unbranched alkanes of at least 4 members (excludes halogenated alkanes) is 1. The Morgan fingerprint density at radius 2 is 1.87 bits per heavy atom. The highest BCUT2D eigenvalue weighted by Gasteiger charge is 2.68. The van der Waals surface area contributed by atoms with Crippen molar-refractivity contribution in [1.82, 2.24) is 10.2 Å². The van der Waals surface area contributed by atoms with Crippen LogP contribution in [0.25, 0.3) is 0 Å². The summed E-state index contributed by atoms with van der Waals surface area (Å²) in [5.41, 5.74) is 5.98. The van der Waals surface area contributed by atoms with Crippen LogP contribution in [0.15, 0.2) is 48.5 Å². The zero-order valence-corrected chi connectivity index (χ0v) is 28.2. The maximum atomic E-state index is 13.9. The predicted octanol–water partition coefficient (Wildman–Crippen LogP) is 6.20. The van der Waals surface area contributed by atoms with Gasteiger partial charge >= 0.3 is 13.3 Å². The van der Waals surface area contributed by atoms with Crippen LogP contribution >= 0.6 is 12.4 Å². The lowest BCUT2D eigenvalue weighted by Gasteiger charge is -2.64. The largest absolute Gasteiger partial charge is 0.481 e. The standard InChI is InChI=1S/C35H45BF3N3O4.ClH/c1-33(2)25-20-28(33)34(3)29(21-25)45-36(46-34)30(15-6-7-16-40)41-31(43)27-14-9-17-42(27)32(44)24-12-8-10-22(19-24)18-23-11-4-5-13-26(23)35(37,38)39;/h4-5,8,10-13,19,25,27-30H,6-7,9,14-18,20-21,40H2,1-3H3,(H,41,43);1H/t25-,27-,28-,29+,30-,34-;/m0./s1. The molecule has 256 valence electrons. The molecule has 0 aromatic heterocycles. The van der Waals surface area contributed by atoms with Gasteiger partial charge in [-0.1, -0.05) is 50.6 Å². The molecule has 2 amide bonds. The van der Waals surface area contributed by atoms with Crippen LogP contribution in [0.1, 0.15) is 92.8 Å². The van der Waals surface area contributed by atoms with Gasteiger partial charge < -0.3 is 25.3 Å². The minimum absolute atomic E-state index is 0. The lowest BCUT2D eigenvalue weighted by molar-refractivity contribution is -0.199. The van der Waals surface area contributed by atoms with E-state index in [4.69, 9.17) is 15.0 Å². The zero-order valence-electron chi connectivity index (χ0n) is 27.4. The van der Waals surface area contributed by atoms with Crippen molar-refractivity contribution < 1.29 is 32.1 Å². The first kappa shape index (κ1) is 35.7. The van der Waals surface area contributed by atoms with Gasteiger partial charge in [0.15, 0.2) is 0 Å². The summed E-state index contributed by atoms with van der Waals surface area (Å²) in [4.78, 5) is 29.2. The third-order valence-electron chi connectivity index (χ3n) is 11.3. The van der Waals surface area contributed by atoms with Gasteiger partial charge in [-0.2, -0.15) is 13.2 Å². The average molecular weight is 676 g/mol. The predicted molar refractivity (Wildman–Crippen MR) is 177 cm³/mol. The lowest BCUT2D eigenvalue weighted by atomic mass is 9.43. The lowest BCUT2D eigenvalue weighted by Crippen LogP contribution is -2.65. The molecule has 2 aromatic rings. The normalized spacial score (nSPS) is 28.2. The Morgan fingerprint density at radius 1 is 1.11 bits per heavy atom. The van der Waals surface area contributed by atoms with Crippen LogP contribution in [-0.4, -0.2) is 60.6 Å². The summed E-state index contributed by atoms with van der Waals surface area (Å²) in [5, 5.41) is 3.21. The molecule has 2 aliphatic heterocycles. The second-order valence-electron chi connectivity index (χ2n) is 14.4. The maximum absolute atomic E-state index is 13.9. The number of carbonyl (C=O) groups is 2. The number of nitrogens with two attached hydrogens (primary N) is 1. The van der Waals surface area contributed by atoms with Crippen molar-refractivity contribution in [3.63, 3.8) is 0 Å². The topological polar surface area (TPSA) is 93.9 Å². The fourth-order valence-corrected chi connectivity index (χ4v) is 8.57. The molecule has 6 atom stereocenters. The number of rotatable bonds is 10. The number of nitrogens with one attached hydrogen (secondary N) is 1. The minimum Gasteiger partial charge on any atom is -0.404 e. The van der Waals surface area contributed by atoms with Crippen LogP contribution in [-0.2, 0) is 26.7 Å². The smallest absolute Gasteiger partial charge is 0.404 e. The molecule has 0 spiro atoms. The highest BCUT2D eigenvalue weighted by Crippen LogP contribution is 2.65. The van der Waals surface area contributed by atoms with E-state index < -0.39 is 30.5 Å². The first-order valence-electron chi connectivity index (χ1n) is 16.7. The van der Waals surface area contributed by atoms with Crippen molar-refractivity contribution in [1.29, 1.82) is 0 Å². The highest BCUT2D eigenvalue weighted by molar-refractivity contribution is 6.48. The van der Waals surface area contributed by atoms with E-state index >= 15 is 0 Å². The number of benzene rings is 2. The molecule has 2 aromatic carbocycles. The Balaban J connectivity index is 0.00000433. The first-order chi connectivity index (χ1) is 21.8. The summed E-state index contributed by atoms with van der Waals surface area (Å²) >= 11 is 0. The van der Waals surface area contributed by atoms with E-state index in [1.165, 1.54) is 12.1 Å². The van der Waals surface area contributed by atoms with Crippen molar-refractivity contribution in [2.45, 2.75) is 102 Å². The Kier molecular flexibility index (Phi) is 10.4. The van der Waals surface area contributed by atoms with Gasteiger partial charge in [-0.3, -0.25) is 9.59 Å². The number of likely N-dealkylation sites (tertiary alicyclic amines) is 1. The van der Waals surface area contributed by atoms with Crippen molar-refractivity contribution >= 4 is 31.3 Å². The number of carbonyl (C=O) groups excluding carboxylic acids is 2. The Bertz CT molecular complexity index is 1460. The fourth-order valence-electron chi connectivity index (χ4n) is 8.57. The van der Waals surface area contributed by atoms with Crippen LogP contribution in [0.4, 0.5) is 13.2 Å². The van der Waals surface area contributed by atoms with Gasteiger partial charge in [-0.05, 0) is 105 Å². The summed E-state index contributed by atoms with van der Waals surface area (Å²) in [6, 6.07) is 11.5. The van der Waals surface area contributed by atoms with Gasteiger partial charge in [0.2, 0.25) is 5.91 Å². The molecule has 3 N–H and O–H groups in total. The molecule has 5 aliphatic rings. The average Bonchev–Trinajstić information content (AvgIpc) is 3.65. The molecule has 0 radical (unpaired) electrons. The molecule has 5 fully saturated rings. The Labute approximate surface area is 282 Å². The van der Waals surface area contributed by atoms with Crippen LogP contribution in [0, 0.1) is 17.3 Å². The maximum Gasteiger partial charge on any atom is 0.481 e.